The molecule has 0 N–H and O–H groups in total. The van der Waals surface area contributed by atoms with Crippen LogP contribution in [0, 0.1) is 0 Å². The molecule has 0 radical (unpaired) electrons. The highest BCUT2D eigenvalue weighted by Crippen LogP contribution is 2.20. The Balaban J connectivity index is 2.76. The topological polar surface area (TPSA) is 34.5 Å². The van der Waals surface area contributed by atoms with Gasteiger partial charge < -0.3 is 14.2 Å². The number of hydrogen-bond donors (Lipinski definition) is 0. The SMILES string of the molecule is COCCCN(C)C(=O)c1cc(Br)cn1C(C)C. The van der Waals surface area contributed by atoms with E-state index in [1.165, 1.54) is 0 Å². The molecule has 102 valence electrons. The quantitative estimate of drug-likeness (QED) is 0.756. The molecule has 1 rings (SSSR count). The molecule has 1 aromatic rings. The number of ether oxygens (including phenoxy) is 1. The third kappa shape index (κ3) is 3.85. The number of rotatable bonds is 6. The van der Waals surface area contributed by atoms with Crippen molar-refractivity contribution in [2.75, 3.05) is 27.3 Å². The van der Waals surface area contributed by atoms with E-state index in [0.717, 1.165) is 16.6 Å². The molecule has 0 fully saturated rings. The first kappa shape index (κ1) is 15.2. The first-order chi connectivity index (χ1) is 8.47. The molecule has 0 saturated carbocycles. The van der Waals surface area contributed by atoms with Crippen LogP contribution in [-0.2, 0) is 4.74 Å². The fraction of sp³-hybridized carbons (Fsp3) is 0.615. The number of hydrogen-bond acceptors (Lipinski definition) is 2. The fourth-order valence-electron chi connectivity index (χ4n) is 1.79. The number of carbonyl (C=O) groups excluding carboxylic acids is 1. The normalized spacial score (nSPS) is 11.0. The molecule has 0 atom stereocenters. The number of amides is 1. The number of halogens is 1. The minimum Gasteiger partial charge on any atom is -0.385 e. The van der Waals surface area contributed by atoms with Crippen LogP contribution in [0.1, 0.15) is 36.8 Å². The molecule has 0 spiro atoms. The molecule has 1 aromatic heterocycles. The predicted octanol–water partition coefficient (Wildman–Crippen LogP) is 2.94. The van der Waals surface area contributed by atoms with Crippen molar-refractivity contribution in [3.05, 3.63) is 22.4 Å². The Labute approximate surface area is 117 Å². The Hall–Kier alpha value is -0.810. The van der Waals surface area contributed by atoms with Crippen LogP contribution in [0.4, 0.5) is 0 Å². The Kier molecular flexibility index (Phi) is 5.88. The van der Waals surface area contributed by atoms with Gasteiger partial charge in [0.2, 0.25) is 0 Å². The molecule has 0 saturated heterocycles. The summed E-state index contributed by atoms with van der Waals surface area (Å²) in [5.74, 6) is 0.0468. The minimum absolute atomic E-state index is 0.0468. The van der Waals surface area contributed by atoms with E-state index in [0.29, 0.717) is 13.2 Å². The summed E-state index contributed by atoms with van der Waals surface area (Å²) in [6, 6.07) is 2.14. The van der Waals surface area contributed by atoms with Crippen molar-refractivity contribution in [2.45, 2.75) is 26.3 Å². The van der Waals surface area contributed by atoms with E-state index in [9.17, 15) is 4.79 Å². The smallest absolute Gasteiger partial charge is 0.270 e. The zero-order valence-corrected chi connectivity index (χ0v) is 13.0. The van der Waals surface area contributed by atoms with Crippen LogP contribution in [0.5, 0.6) is 0 Å². The van der Waals surface area contributed by atoms with Crippen molar-refractivity contribution in [3.8, 4) is 0 Å². The van der Waals surface area contributed by atoms with Gasteiger partial charge in [0.05, 0.1) is 0 Å². The molecule has 18 heavy (non-hydrogen) atoms. The fourth-order valence-corrected chi connectivity index (χ4v) is 2.22. The maximum atomic E-state index is 12.3. The van der Waals surface area contributed by atoms with Crippen molar-refractivity contribution in [2.24, 2.45) is 0 Å². The summed E-state index contributed by atoms with van der Waals surface area (Å²) < 4.78 is 7.91. The number of methoxy groups -OCH3 is 1. The largest absolute Gasteiger partial charge is 0.385 e. The summed E-state index contributed by atoms with van der Waals surface area (Å²) in [5, 5.41) is 0. The van der Waals surface area contributed by atoms with Crippen LogP contribution < -0.4 is 0 Å². The van der Waals surface area contributed by atoms with Gasteiger partial charge in [0.25, 0.3) is 5.91 Å². The second-order valence-corrected chi connectivity index (χ2v) is 5.53. The molecule has 0 bridgehead atoms. The lowest BCUT2D eigenvalue weighted by Gasteiger charge is -2.19. The molecule has 1 heterocycles. The highest BCUT2D eigenvalue weighted by molar-refractivity contribution is 9.10. The predicted molar refractivity (Wildman–Crippen MR) is 76.0 cm³/mol. The van der Waals surface area contributed by atoms with Crippen LogP contribution in [0.2, 0.25) is 0 Å². The summed E-state index contributed by atoms with van der Waals surface area (Å²) in [7, 11) is 3.49. The lowest BCUT2D eigenvalue weighted by atomic mass is 10.3. The van der Waals surface area contributed by atoms with Crippen molar-refractivity contribution < 1.29 is 9.53 Å². The van der Waals surface area contributed by atoms with Gasteiger partial charge in [0.15, 0.2) is 0 Å². The molecule has 0 unspecified atom stereocenters. The van der Waals surface area contributed by atoms with Crippen molar-refractivity contribution in [1.29, 1.82) is 0 Å². The Morgan fingerprint density at radius 3 is 2.78 bits per heavy atom. The third-order valence-corrected chi connectivity index (χ3v) is 3.21. The van der Waals surface area contributed by atoms with E-state index < -0.39 is 0 Å². The van der Waals surface area contributed by atoms with Crippen LogP contribution in [0.15, 0.2) is 16.7 Å². The van der Waals surface area contributed by atoms with E-state index in [4.69, 9.17) is 4.74 Å². The standard InChI is InChI=1S/C13H21BrN2O2/c1-10(2)16-9-11(14)8-12(16)13(17)15(3)6-5-7-18-4/h8-10H,5-7H2,1-4H3. The van der Waals surface area contributed by atoms with Gasteiger partial charge in [-0.25, -0.2) is 0 Å². The zero-order chi connectivity index (χ0) is 13.7. The molecule has 0 aromatic carbocycles. The Morgan fingerprint density at radius 2 is 2.22 bits per heavy atom. The van der Waals surface area contributed by atoms with E-state index in [-0.39, 0.29) is 11.9 Å². The van der Waals surface area contributed by atoms with Gasteiger partial charge in [0, 0.05) is 44.0 Å². The third-order valence-electron chi connectivity index (χ3n) is 2.78. The van der Waals surface area contributed by atoms with Crippen molar-refractivity contribution in [1.82, 2.24) is 9.47 Å². The maximum absolute atomic E-state index is 12.3. The zero-order valence-electron chi connectivity index (χ0n) is 11.4. The van der Waals surface area contributed by atoms with Crippen LogP contribution in [-0.4, -0.2) is 42.7 Å². The molecular weight excluding hydrogens is 296 g/mol. The summed E-state index contributed by atoms with van der Waals surface area (Å²) in [5.41, 5.74) is 0.719. The van der Waals surface area contributed by atoms with Crippen LogP contribution >= 0.6 is 15.9 Å². The van der Waals surface area contributed by atoms with Crippen LogP contribution in [0.25, 0.3) is 0 Å². The highest BCUT2D eigenvalue weighted by atomic mass is 79.9. The summed E-state index contributed by atoms with van der Waals surface area (Å²) in [6.45, 7) is 5.50. The maximum Gasteiger partial charge on any atom is 0.270 e. The first-order valence-electron chi connectivity index (χ1n) is 6.09. The van der Waals surface area contributed by atoms with E-state index >= 15 is 0 Å². The molecule has 0 aliphatic carbocycles. The van der Waals surface area contributed by atoms with Crippen molar-refractivity contribution in [3.63, 3.8) is 0 Å². The molecule has 0 aliphatic heterocycles. The molecule has 5 heteroatoms. The average molecular weight is 317 g/mol. The second-order valence-electron chi connectivity index (χ2n) is 4.62. The number of carbonyl (C=O) groups is 1. The monoisotopic (exact) mass is 316 g/mol. The van der Waals surface area contributed by atoms with Gasteiger partial charge in [0.1, 0.15) is 5.69 Å². The molecule has 1 amide bonds. The lowest BCUT2D eigenvalue weighted by Crippen LogP contribution is -2.30. The van der Waals surface area contributed by atoms with Gasteiger partial charge in [-0.15, -0.1) is 0 Å². The first-order valence-corrected chi connectivity index (χ1v) is 6.88. The Morgan fingerprint density at radius 1 is 1.56 bits per heavy atom. The van der Waals surface area contributed by atoms with Gasteiger partial charge >= 0.3 is 0 Å². The number of nitrogens with zero attached hydrogens (tertiary/aromatic N) is 2. The van der Waals surface area contributed by atoms with Crippen molar-refractivity contribution >= 4 is 21.8 Å². The minimum atomic E-state index is 0.0468. The summed E-state index contributed by atoms with van der Waals surface area (Å²) >= 11 is 3.42. The van der Waals surface area contributed by atoms with E-state index in [2.05, 4.69) is 29.8 Å². The molecule has 4 nitrogen and oxygen atoms in total. The van der Waals surface area contributed by atoms with Gasteiger partial charge in [-0.2, -0.15) is 0 Å². The number of aromatic nitrogens is 1. The Bertz CT molecular complexity index is 402. The van der Waals surface area contributed by atoms with E-state index in [1.807, 2.05) is 23.9 Å². The molecular formula is C13H21BrN2O2. The highest BCUT2D eigenvalue weighted by Gasteiger charge is 2.18. The van der Waals surface area contributed by atoms with Gasteiger partial charge in [-0.05, 0) is 42.3 Å². The van der Waals surface area contributed by atoms with E-state index in [1.54, 1.807) is 12.0 Å². The van der Waals surface area contributed by atoms with Gasteiger partial charge in [-0.1, -0.05) is 0 Å². The second kappa shape index (κ2) is 6.95. The summed E-state index contributed by atoms with van der Waals surface area (Å²) in [4.78, 5) is 14.1. The summed E-state index contributed by atoms with van der Waals surface area (Å²) in [6.07, 6.45) is 2.79. The van der Waals surface area contributed by atoms with Gasteiger partial charge in [-0.3, -0.25) is 4.79 Å². The average Bonchev–Trinajstić information content (AvgIpc) is 2.70. The van der Waals surface area contributed by atoms with Crippen LogP contribution in [0.3, 0.4) is 0 Å². The molecule has 0 aliphatic rings. The lowest BCUT2D eigenvalue weighted by molar-refractivity contribution is 0.0767.